The maximum atomic E-state index is 13.3. The zero-order valence-corrected chi connectivity index (χ0v) is 10.3. The predicted molar refractivity (Wildman–Crippen MR) is 63.0 cm³/mol. The van der Waals surface area contributed by atoms with E-state index in [4.69, 9.17) is 5.26 Å². The summed E-state index contributed by atoms with van der Waals surface area (Å²) >= 11 is 0. The number of benzene rings is 1. The van der Waals surface area contributed by atoms with Crippen LogP contribution in [0.25, 0.3) is 0 Å². The van der Waals surface area contributed by atoms with Crippen molar-refractivity contribution in [3.8, 4) is 6.07 Å². The van der Waals surface area contributed by atoms with Gasteiger partial charge in [0.2, 0.25) is 0 Å². The van der Waals surface area contributed by atoms with Crippen LogP contribution in [0.15, 0.2) is 18.2 Å². The normalized spacial score (nSPS) is 12.2. The third-order valence-electron chi connectivity index (χ3n) is 2.45. The standard InChI is InChI=1S/C13H14F2N2O/c1-9(6-16)7-17(2)8-13(18)11-4-3-10(14)5-12(11)15/h3-5,9H,7-8H2,1-2H3. The first kappa shape index (κ1) is 14.3. The molecule has 1 unspecified atom stereocenters. The molecule has 1 aromatic rings. The third-order valence-corrected chi connectivity index (χ3v) is 2.45. The molecule has 5 heteroatoms. The molecule has 0 N–H and O–H groups in total. The summed E-state index contributed by atoms with van der Waals surface area (Å²) in [5.74, 6) is -2.21. The molecule has 0 saturated heterocycles. The summed E-state index contributed by atoms with van der Waals surface area (Å²) in [7, 11) is 1.67. The molecule has 0 aliphatic rings. The van der Waals surface area contributed by atoms with Crippen LogP contribution in [-0.4, -0.2) is 30.8 Å². The molecule has 3 nitrogen and oxygen atoms in total. The van der Waals surface area contributed by atoms with Crippen LogP contribution in [0.1, 0.15) is 17.3 Å². The minimum atomic E-state index is -0.860. The Bertz CT molecular complexity index is 482. The summed E-state index contributed by atoms with van der Waals surface area (Å²) in [6.07, 6.45) is 0. The van der Waals surface area contributed by atoms with Gasteiger partial charge in [-0.3, -0.25) is 9.69 Å². The number of hydrogen-bond donors (Lipinski definition) is 0. The molecule has 1 atom stereocenters. The topological polar surface area (TPSA) is 44.1 Å². The largest absolute Gasteiger partial charge is 0.298 e. The Morgan fingerprint density at radius 1 is 1.50 bits per heavy atom. The molecular formula is C13H14F2N2O. The molecule has 0 radical (unpaired) electrons. The zero-order valence-electron chi connectivity index (χ0n) is 10.3. The lowest BCUT2D eigenvalue weighted by Gasteiger charge is -2.16. The summed E-state index contributed by atoms with van der Waals surface area (Å²) in [6.45, 7) is 2.15. The van der Waals surface area contributed by atoms with Crippen molar-refractivity contribution in [3.05, 3.63) is 35.4 Å². The van der Waals surface area contributed by atoms with Gasteiger partial charge >= 0.3 is 0 Å². The van der Waals surface area contributed by atoms with Crippen molar-refractivity contribution in [2.24, 2.45) is 5.92 Å². The fraction of sp³-hybridized carbons (Fsp3) is 0.385. The smallest absolute Gasteiger partial charge is 0.179 e. The zero-order chi connectivity index (χ0) is 13.7. The van der Waals surface area contributed by atoms with Crippen LogP contribution in [0.4, 0.5) is 8.78 Å². The summed E-state index contributed by atoms with van der Waals surface area (Å²) in [6, 6.07) is 4.92. The fourth-order valence-electron chi connectivity index (χ4n) is 1.62. The number of rotatable bonds is 5. The van der Waals surface area contributed by atoms with Gasteiger partial charge in [-0.15, -0.1) is 0 Å². The minimum Gasteiger partial charge on any atom is -0.298 e. The van der Waals surface area contributed by atoms with E-state index in [1.807, 2.05) is 0 Å². The van der Waals surface area contributed by atoms with Gasteiger partial charge in [0, 0.05) is 12.6 Å². The highest BCUT2D eigenvalue weighted by atomic mass is 19.1. The number of nitriles is 1. The molecule has 0 amide bonds. The van der Waals surface area contributed by atoms with Crippen molar-refractivity contribution < 1.29 is 13.6 Å². The second-order valence-electron chi connectivity index (χ2n) is 4.27. The van der Waals surface area contributed by atoms with Crippen LogP contribution in [0.2, 0.25) is 0 Å². The lowest BCUT2D eigenvalue weighted by molar-refractivity contribution is 0.0938. The highest BCUT2D eigenvalue weighted by molar-refractivity contribution is 5.97. The molecule has 1 aromatic carbocycles. The van der Waals surface area contributed by atoms with Crippen LogP contribution in [0, 0.1) is 28.9 Å². The lowest BCUT2D eigenvalue weighted by Crippen LogP contribution is -2.30. The van der Waals surface area contributed by atoms with Crippen molar-refractivity contribution in [1.82, 2.24) is 4.90 Å². The molecule has 0 heterocycles. The van der Waals surface area contributed by atoms with Crippen LogP contribution < -0.4 is 0 Å². The molecule has 0 aliphatic carbocycles. The number of Topliss-reactive ketones (excluding diaryl/α,β-unsaturated/α-hetero) is 1. The van der Waals surface area contributed by atoms with Gasteiger partial charge in [-0.1, -0.05) is 0 Å². The number of halogens is 2. The van der Waals surface area contributed by atoms with Gasteiger partial charge in [0.05, 0.1) is 24.1 Å². The SMILES string of the molecule is CC(C#N)CN(C)CC(=O)c1ccc(F)cc1F. The minimum absolute atomic E-state index is 0.00538. The average molecular weight is 252 g/mol. The van der Waals surface area contributed by atoms with Crippen molar-refractivity contribution in [2.75, 3.05) is 20.1 Å². The van der Waals surface area contributed by atoms with Gasteiger partial charge in [0.15, 0.2) is 5.78 Å². The van der Waals surface area contributed by atoms with Crippen molar-refractivity contribution >= 4 is 5.78 Å². The molecule has 96 valence electrons. The number of likely N-dealkylation sites (N-methyl/N-ethyl adjacent to an activating group) is 1. The monoisotopic (exact) mass is 252 g/mol. The predicted octanol–water partition coefficient (Wildman–Crippen LogP) is 2.24. The highest BCUT2D eigenvalue weighted by Crippen LogP contribution is 2.11. The number of hydrogen-bond acceptors (Lipinski definition) is 3. The Labute approximate surface area is 105 Å². The van der Waals surface area contributed by atoms with Gasteiger partial charge < -0.3 is 0 Å². The Hall–Kier alpha value is -1.80. The molecule has 0 aromatic heterocycles. The Morgan fingerprint density at radius 2 is 2.17 bits per heavy atom. The van der Waals surface area contributed by atoms with E-state index in [2.05, 4.69) is 6.07 Å². The maximum absolute atomic E-state index is 13.3. The molecular weight excluding hydrogens is 238 g/mol. The van der Waals surface area contributed by atoms with E-state index in [0.29, 0.717) is 12.6 Å². The average Bonchev–Trinajstić information content (AvgIpc) is 2.28. The Kier molecular flexibility index (Phi) is 4.93. The van der Waals surface area contributed by atoms with Gasteiger partial charge in [0.25, 0.3) is 0 Å². The molecule has 0 bridgehead atoms. The van der Waals surface area contributed by atoms with Crippen molar-refractivity contribution in [1.29, 1.82) is 5.26 Å². The third kappa shape index (κ3) is 3.90. The molecule has 0 fully saturated rings. The van der Waals surface area contributed by atoms with E-state index in [1.165, 1.54) is 0 Å². The van der Waals surface area contributed by atoms with E-state index in [-0.39, 0.29) is 18.0 Å². The van der Waals surface area contributed by atoms with Crippen molar-refractivity contribution in [3.63, 3.8) is 0 Å². The van der Waals surface area contributed by atoms with E-state index >= 15 is 0 Å². The van der Waals surface area contributed by atoms with Gasteiger partial charge in [-0.2, -0.15) is 5.26 Å². The first-order chi connectivity index (χ1) is 8.43. The first-order valence-electron chi connectivity index (χ1n) is 5.50. The van der Waals surface area contributed by atoms with E-state index in [9.17, 15) is 13.6 Å². The van der Waals surface area contributed by atoms with Gasteiger partial charge in [0.1, 0.15) is 11.6 Å². The molecule has 18 heavy (non-hydrogen) atoms. The summed E-state index contributed by atoms with van der Waals surface area (Å²) in [5, 5.41) is 8.65. The number of carbonyl (C=O) groups excluding carboxylic acids is 1. The first-order valence-corrected chi connectivity index (χ1v) is 5.50. The second kappa shape index (κ2) is 6.22. The fourth-order valence-corrected chi connectivity index (χ4v) is 1.62. The van der Waals surface area contributed by atoms with Crippen molar-refractivity contribution in [2.45, 2.75) is 6.92 Å². The Morgan fingerprint density at radius 3 is 2.72 bits per heavy atom. The van der Waals surface area contributed by atoms with E-state index in [0.717, 1.165) is 12.1 Å². The molecule has 0 aliphatic heterocycles. The van der Waals surface area contributed by atoms with Gasteiger partial charge in [-0.05, 0) is 26.1 Å². The Balaban J connectivity index is 2.68. The van der Waals surface area contributed by atoms with Crippen LogP contribution in [-0.2, 0) is 0 Å². The van der Waals surface area contributed by atoms with Crippen LogP contribution in [0.5, 0.6) is 0 Å². The van der Waals surface area contributed by atoms with Crippen LogP contribution >= 0.6 is 0 Å². The molecule has 0 spiro atoms. The number of nitrogens with zero attached hydrogens (tertiary/aromatic N) is 2. The van der Waals surface area contributed by atoms with E-state index < -0.39 is 17.4 Å². The van der Waals surface area contributed by atoms with Crippen LogP contribution in [0.3, 0.4) is 0 Å². The number of ketones is 1. The maximum Gasteiger partial charge on any atom is 0.179 e. The molecule has 1 rings (SSSR count). The second-order valence-corrected chi connectivity index (χ2v) is 4.27. The summed E-state index contributed by atoms with van der Waals surface area (Å²) in [5.41, 5.74) is -0.132. The summed E-state index contributed by atoms with van der Waals surface area (Å²) in [4.78, 5) is 13.4. The van der Waals surface area contributed by atoms with Gasteiger partial charge in [-0.25, -0.2) is 8.78 Å². The quantitative estimate of drug-likeness (QED) is 0.755. The summed E-state index contributed by atoms with van der Waals surface area (Å²) < 4.78 is 26.0. The van der Waals surface area contributed by atoms with E-state index in [1.54, 1.807) is 18.9 Å². The highest BCUT2D eigenvalue weighted by Gasteiger charge is 2.15. The number of carbonyl (C=O) groups is 1. The molecule has 0 saturated carbocycles. The lowest BCUT2D eigenvalue weighted by atomic mass is 10.1.